The summed E-state index contributed by atoms with van der Waals surface area (Å²) in [6, 6.07) is 3.78. The van der Waals surface area contributed by atoms with E-state index in [2.05, 4.69) is 26.5 Å². The zero-order chi connectivity index (χ0) is 14.8. The number of ether oxygens (including phenoxy) is 1. The van der Waals surface area contributed by atoms with Gasteiger partial charge in [0.15, 0.2) is 5.65 Å². The summed E-state index contributed by atoms with van der Waals surface area (Å²) in [5, 5.41) is 0. The van der Waals surface area contributed by atoms with E-state index in [-0.39, 0.29) is 0 Å². The number of fused-ring (bicyclic) bond motifs is 1. The minimum Gasteiger partial charge on any atom is -0.481 e. The minimum absolute atomic E-state index is 0.404. The lowest BCUT2D eigenvalue weighted by Crippen LogP contribution is -2.34. The lowest BCUT2D eigenvalue weighted by atomic mass is 9.98. The fourth-order valence-corrected chi connectivity index (χ4v) is 3.32. The Morgan fingerprint density at radius 2 is 2.24 bits per heavy atom. The summed E-state index contributed by atoms with van der Waals surface area (Å²) >= 11 is 6.07. The highest BCUT2D eigenvalue weighted by atomic mass is 35.5. The Morgan fingerprint density at radius 3 is 2.95 bits per heavy atom. The Kier molecular flexibility index (Phi) is 4.31. The number of nitrogens with zero attached hydrogens (tertiary/aromatic N) is 4. The molecule has 0 spiro atoms. The zero-order valence-corrected chi connectivity index (χ0v) is 13.3. The fourth-order valence-electron chi connectivity index (χ4n) is 3.12. The number of alkyl halides is 1. The number of halogens is 1. The number of likely N-dealkylation sites (tertiary alicyclic amines) is 1. The molecule has 1 fully saturated rings. The number of piperidine rings is 1. The van der Waals surface area contributed by atoms with Crippen LogP contribution in [-0.2, 0) is 12.4 Å². The predicted octanol–water partition coefficient (Wildman–Crippen LogP) is 2.52. The molecule has 1 unspecified atom stereocenters. The molecule has 0 aromatic carbocycles. The van der Waals surface area contributed by atoms with E-state index in [0.29, 0.717) is 17.7 Å². The Balaban J connectivity index is 1.94. The number of aromatic nitrogens is 3. The van der Waals surface area contributed by atoms with Crippen molar-refractivity contribution in [2.45, 2.75) is 25.3 Å². The van der Waals surface area contributed by atoms with Crippen LogP contribution < -0.4 is 4.74 Å². The number of imidazole rings is 1. The van der Waals surface area contributed by atoms with E-state index in [4.69, 9.17) is 16.3 Å². The van der Waals surface area contributed by atoms with Gasteiger partial charge in [-0.2, -0.15) is 4.98 Å². The largest absolute Gasteiger partial charge is 0.481 e. The van der Waals surface area contributed by atoms with Crippen molar-refractivity contribution in [2.24, 2.45) is 5.92 Å². The smallest absolute Gasteiger partial charge is 0.215 e. The SMILES string of the molecule is COc1ccc2nc(CCl)n(CC3CCCN(C)C3)c2n1. The van der Waals surface area contributed by atoms with Gasteiger partial charge >= 0.3 is 0 Å². The molecule has 1 atom stereocenters. The van der Waals surface area contributed by atoms with Crippen LogP contribution in [-0.4, -0.2) is 46.7 Å². The second kappa shape index (κ2) is 6.20. The summed E-state index contributed by atoms with van der Waals surface area (Å²) in [6.45, 7) is 3.23. The van der Waals surface area contributed by atoms with E-state index < -0.39 is 0 Å². The van der Waals surface area contributed by atoms with Crippen molar-refractivity contribution < 1.29 is 4.74 Å². The normalized spacial score (nSPS) is 20.0. The molecule has 1 aliphatic rings. The summed E-state index contributed by atoms with van der Waals surface area (Å²) in [6.07, 6.45) is 2.50. The molecule has 1 aliphatic heterocycles. The van der Waals surface area contributed by atoms with E-state index >= 15 is 0 Å². The van der Waals surface area contributed by atoms with Crippen LogP contribution in [0.2, 0.25) is 0 Å². The van der Waals surface area contributed by atoms with Crippen LogP contribution in [0.15, 0.2) is 12.1 Å². The van der Waals surface area contributed by atoms with Crippen molar-refractivity contribution in [3.05, 3.63) is 18.0 Å². The third-order valence-electron chi connectivity index (χ3n) is 4.14. The number of rotatable bonds is 4. The summed E-state index contributed by atoms with van der Waals surface area (Å²) in [7, 11) is 3.81. The van der Waals surface area contributed by atoms with E-state index in [9.17, 15) is 0 Å². The molecule has 0 saturated carbocycles. The van der Waals surface area contributed by atoms with Gasteiger partial charge in [-0.15, -0.1) is 11.6 Å². The Bertz CT molecular complexity index is 627. The van der Waals surface area contributed by atoms with Gasteiger partial charge in [0, 0.05) is 19.2 Å². The van der Waals surface area contributed by atoms with Crippen LogP contribution in [0.4, 0.5) is 0 Å². The molecule has 5 nitrogen and oxygen atoms in total. The second-order valence-corrected chi connectivity index (χ2v) is 6.01. The Labute approximate surface area is 129 Å². The van der Waals surface area contributed by atoms with E-state index in [1.807, 2.05) is 12.1 Å². The lowest BCUT2D eigenvalue weighted by molar-refractivity contribution is 0.194. The quantitative estimate of drug-likeness (QED) is 0.814. The molecule has 0 aliphatic carbocycles. The van der Waals surface area contributed by atoms with Gasteiger partial charge in [-0.05, 0) is 38.4 Å². The van der Waals surface area contributed by atoms with Gasteiger partial charge in [0.05, 0.1) is 13.0 Å². The minimum atomic E-state index is 0.404. The first-order valence-electron chi connectivity index (χ1n) is 7.36. The Hall–Kier alpha value is -1.33. The summed E-state index contributed by atoms with van der Waals surface area (Å²) in [5.41, 5.74) is 1.76. The van der Waals surface area contributed by atoms with Crippen molar-refractivity contribution in [3.8, 4) is 5.88 Å². The Morgan fingerprint density at radius 1 is 1.38 bits per heavy atom. The van der Waals surface area contributed by atoms with Crippen LogP contribution in [0.1, 0.15) is 18.7 Å². The molecule has 114 valence electrons. The van der Waals surface area contributed by atoms with Crippen LogP contribution in [0.3, 0.4) is 0 Å². The highest BCUT2D eigenvalue weighted by Gasteiger charge is 2.21. The van der Waals surface area contributed by atoms with Gasteiger partial charge in [0.1, 0.15) is 11.3 Å². The summed E-state index contributed by atoms with van der Waals surface area (Å²) in [4.78, 5) is 11.5. The zero-order valence-electron chi connectivity index (χ0n) is 12.5. The van der Waals surface area contributed by atoms with Gasteiger partial charge in [0.25, 0.3) is 0 Å². The number of hydrogen-bond acceptors (Lipinski definition) is 4. The molecule has 21 heavy (non-hydrogen) atoms. The molecule has 0 bridgehead atoms. The summed E-state index contributed by atoms with van der Waals surface area (Å²) < 4.78 is 7.40. The maximum Gasteiger partial charge on any atom is 0.215 e. The molecule has 3 rings (SSSR count). The molecule has 1 saturated heterocycles. The highest BCUT2D eigenvalue weighted by molar-refractivity contribution is 6.16. The molecule has 0 radical (unpaired) electrons. The maximum absolute atomic E-state index is 6.07. The molecule has 3 heterocycles. The van der Waals surface area contributed by atoms with Gasteiger partial charge < -0.3 is 14.2 Å². The van der Waals surface area contributed by atoms with Crippen molar-refractivity contribution in [2.75, 3.05) is 27.2 Å². The van der Waals surface area contributed by atoms with Crippen molar-refractivity contribution >= 4 is 22.8 Å². The van der Waals surface area contributed by atoms with Crippen LogP contribution in [0, 0.1) is 5.92 Å². The molecule has 2 aromatic heterocycles. The summed E-state index contributed by atoms with van der Waals surface area (Å²) in [5.74, 6) is 2.53. The van der Waals surface area contributed by atoms with Crippen LogP contribution in [0.5, 0.6) is 5.88 Å². The van der Waals surface area contributed by atoms with Crippen molar-refractivity contribution in [3.63, 3.8) is 0 Å². The first-order chi connectivity index (χ1) is 10.2. The third kappa shape index (κ3) is 2.99. The van der Waals surface area contributed by atoms with E-state index in [1.54, 1.807) is 7.11 Å². The average Bonchev–Trinajstić information content (AvgIpc) is 2.84. The first-order valence-corrected chi connectivity index (χ1v) is 7.89. The predicted molar refractivity (Wildman–Crippen MR) is 83.9 cm³/mol. The molecule has 2 aromatic rings. The monoisotopic (exact) mass is 308 g/mol. The lowest BCUT2D eigenvalue weighted by Gasteiger charge is -2.30. The number of methoxy groups -OCH3 is 1. The van der Waals surface area contributed by atoms with Gasteiger partial charge in [-0.1, -0.05) is 0 Å². The molecule has 6 heteroatoms. The van der Waals surface area contributed by atoms with Crippen molar-refractivity contribution in [1.82, 2.24) is 19.4 Å². The van der Waals surface area contributed by atoms with E-state index in [0.717, 1.165) is 30.1 Å². The third-order valence-corrected chi connectivity index (χ3v) is 4.38. The van der Waals surface area contributed by atoms with Crippen molar-refractivity contribution in [1.29, 1.82) is 0 Å². The van der Waals surface area contributed by atoms with Gasteiger partial charge in [-0.3, -0.25) is 0 Å². The topological polar surface area (TPSA) is 43.2 Å². The van der Waals surface area contributed by atoms with Crippen LogP contribution in [0.25, 0.3) is 11.2 Å². The van der Waals surface area contributed by atoms with Gasteiger partial charge in [0.2, 0.25) is 5.88 Å². The average molecular weight is 309 g/mol. The fraction of sp³-hybridized carbons (Fsp3) is 0.600. The molecule has 0 N–H and O–H groups in total. The molecule has 0 amide bonds. The number of pyridine rings is 1. The second-order valence-electron chi connectivity index (χ2n) is 5.74. The molecular weight excluding hydrogens is 288 g/mol. The highest BCUT2D eigenvalue weighted by Crippen LogP contribution is 2.23. The van der Waals surface area contributed by atoms with Crippen LogP contribution >= 0.6 is 11.6 Å². The van der Waals surface area contributed by atoms with E-state index in [1.165, 1.54) is 19.4 Å². The molecular formula is C15H21ClN4O. The van der Waals surface area contributed by atoms with Gasteiger partial charge in [-0.25, -0.2) is 4.98 Å². The standard InChI is InChI=1S/C15H21ClN4O/c1-19-7-3-4-11(9-19)10-20-13(8-16)17-12-5-6-14(21-2)18-15(12)20/h5-6,11H,3-4,7-10H2,1-2H3. The first kappa shape index (κ1) is 14.6. The number of hydrogen-bond donors (Lipinski definition) is 0. The maximum atomic E-state index is 6.07.